The minimum absolute atomic E-state index is 0.0363. The molecule has 0 unspecified atom stereocenters. The highest BCUT2D eigenvalue weighted by Crippen LogP contribution is 2.36. The summed E-state index contributed by atoms with van der Waals surface area (Å²) in [4.78, 5) is 42.6. The summed E-state index contributed by atoms with van der Waals surface area (Å²) in [6, 6.07) is 0. The Bertz CT molecular complexity index is 956. The number of rotatable bonds is 32. The van der Waals surface area contributed by atoms with Crippen molar-refractivity contribution in [1.29, 1.82) is 0 Å². The summed E-state index contributed by atoms with van der Waals surface area (Å²) in [5.41, 5.74) is 0. The van der Waals surface area contributed by atoms with Crippen LogP contribution in [0.3, 0.4) is 0 Å². The zero-order chi connectivity index (χ0) is 35.7. The van der Waals surface area contributed by atoms with Crippen molar-refractivity contribution in [3.05, 3.63) is 48.6 Å². The monoisotopic (exact) mass is 700 g/mol. The maximum Gasteiger partial charge on any atom is 0.469 e. The van der Waals surface area contributed by atoms with Gasteiger partial charge in [-0.2, -0.15) is 0 Å². The first kappa shape index (κ1) is 45.9. The maximum absolute atomic E-state index is 12.3. The van der Waals surface area contributed by atoms with Gasteiger partial charge in [-0.25, -0.2) is 4.57 Å². The van der Waals surface area contributed by atoms with E-state index in [-0.39, 0.29) is 19.4 Å². The number of allylic oxidation sites excluding steroid dienone is 6. The molecule has 4 N–H and O–H groups in total. The van der Waals surface area contributed by atoms with E-state index in [1.165, 1.54) is 44.9 Å². The van der Waals surface area contributed by atoms with Gasteiger partial charge in [0.05, 0.1) is 18.8 Å². The van der Waals surface area contributed by atoms with Gasteiger partial charge in [0.2, 0.25) is 0 Å². The summed E-state index contributed by atoms with van der Waals surface area (Å²) in [6.07, 6.45) is 30.5. The van der Waals surface area contributed by atoms with Gasteiger partial charge in [-0.15, -0.1) is 0 Å². The molecule has 11 heteroatoms. The van der Waals surface area contributed by atoms with Crippen molar-refractivity contribution in [2.45, 2.75) is 161 Å². The summed E-state index contributed by atoms with van der Waals surface area (Å²) < 4.78 is 26.1. The molecule has 0 amide bonds. The van der Waals surface area contributed by atoms with Gasteiger partial charge in [0.15, 0.2) is 6.10 Å². The number of hydrogen-bond acceptors (Lipinski definition) is 8. The van der Waals surface area contributed by atoms with Gasteiger partial charge in [0, 0.05) is 12.8 Å². The minimum Gasteiger partial charge on any atom is -0.462 e. The second-order valence-electron chi connectivity index (χ2n) is 12.3. The Morgan fingerprint density at radius 1 is 0.625 bits per heavy atom. The highest BCUT2D eigenvalue weighted by molar-refractivity contribution is 7.46. The van der Waals surface area contributed by atoms with Gasteiger partial charge in [-0.3, -0.25) is 14.1 Å². The van der Waals surface area contributed by atoms with Crippen molar-refractivity contribution < 1.29 is 48.2 Å². The summed E-state index contributed by atoms with van der Waals surface area (Å²) in [6.45, 7) is 3.36. The smallest absolute Gasteiger partial charge is 0.462 e. The number of carbonyl (C=O) groups is 2. The molecule has 0 aromatic heterocycles. The molecule has 0 radical (unpaired) electrons. The number of aliphatic hydroxyl groups is 2. The molecule has 10 nitrogen and oxygen atoms in total. The predicted molar refractivity (Wildman–Crippen MR) is 191 cm³/mol. The molecule has 3 atom stereocenters. The Morgan fingerprint density at radius 3 is 1.65 bits per heavy atom. The SMILES string of the molecule is CCCCCCCCCCCCCC(=O)OC[C@H](COP(=O)(O)O)OC(=O)CCC[C@H](O)/C=C/C=C\C/C=C\C=C\[C@H](O)CCCCC. The van der Waals surface area contributed by atoms with Gasteiger partial charge >= 0.3 is 19.8 Å². The number of phosphoric acid groups is 1. The fourth-order valence-corrected chi connectivity index (χ4v) is 5.12. The van der Waals surface area contributed by atoms with E-state index in [4.69, 9.17) is 19.3 Å². The average Bonchev–Trinajstić information content (AvgIpc) is 3.03. The number of hydrogen-bond donors (Lipinski definition) is 4. The molecule has 0 rings (SSSR count). The van der Waals surface area contributed by atoms with E-state index in [2.05, 4.69) is 18.4 Å². The van der Waals surface area contributed by atoms with Crippen LogP contribution in [0.2, 0.25) is 0 Å². The van der Waals surface area contributed by atoms with Gasteiger partial charge in [0.1, 0.15) is 6.61 Å². The summed E-state index contributed by atoms with van der Waals surface area (Å²) in [5, 5.41) is 20.0. The molecule has 0 aliphatic carbocycles. The van der Waals surface area contributed by atoms with Crippen LogP contribution in [0.25, 0.3) is 0 Å². The summed E-state index contributed by atoms with van der Waals surface area (Å²) in [5.74, 6) is -1.12. The van der Waals surface area contributed by atoms with Crippen LogP contribution in [-0.2, 0) is 28.2 Å². The molecule has 0 spiro atoms. The quantitative estimate of drug-likeness (QED) is 0.0232. The van der Waals surface area contributed by atoms with Gasteiger partial charge in [-0.1, -0.05) is 146 Å². The van der Waals surface area contributed by atoms with Crippen LogP contribution in [0, 0.1) is 0 Å². The molecule has 0 bridgehead atoms. The van der Waals surface area contributed by atoms with E-state index in [1.807, 2.05) is 30.4 Å². The van der Waals surface area contributed by atoms with E-state index in [0.29, 0.717) is 25.7 Å². The molecular formula is C37H65O10P. The lowest BCUT2D eigenvalue weighted by molar-refractivity contribution is -0.161. The van der Waals surface area contributed by atoms with Crippen LogP contribution in [-0.4, -0.2) is 63.5 Å². The van der Waals surface area contributed by atoms with Crippen LogP contribution in [0.1, 0.15) is 142 Å². The number of carbonyl (C=O) groups excluding carboxylic acids is 2. The average molecular weight is 701 g/mol. The third kappa shape index (κ3) is 33.8. The minimum atomic E-state index is -4.81. The third-order valence-corrected chi connectivity index (χ3v) is 8.04. The van der Waals surface area contributed by atoms with Crippen molar-refractivity contribution in [2.24, 2.45) is 0 Å². The third-order valence-electron chi connectivity index (χ3n) is 7.56. The molecule has 0 aromatic carbocycles. The first-order valence-corrected chi connectivity index (χ1v) is 19.7. The zero-order valence-electron chi connectivity index (χ0n) is 29.6. The Hall–Kier alpha value is -2.07. The van der Waals surface area contributed by atoms with Crippen LogP contribution >= 0.6 is 7.82 Å². The molecule has 0 fully saturated rings. The molecule has 0 heterocycles. The second-order valence-corrected chi connectivity index (χ2v) is 13.5. The first-order chi connectivity index (χ1) is 23.1. The topological polar surface area (TPSA) is 160 Å². The molecule has 48 heavy (non-hydrogen) atoms. The first-order valence-electron chi connectivity index (χ1n) is 18.1. The van der Waals surface area contributed by atoms with Gasteiger partial charge in [0.25, 0.3) is 0 Å². The Balaban J connectivity index is 4.28. The molecule has 278 valence electrons. The van der Waals surface area contributed by atoms with E-state index in [9.17, 15) is 24.4 Å². The molecule has 0 aliphatic heterocycles. The second kappa shape index (κ2) is 32.2. The van der Waals surface area contributed by atoms with E-state index in [1.54, 1.807) is 18.2 Å². The Morgan fingerprint density at radius 2 is 1.10 bits per heavy atom. The highest BCUT2D eigenvalue weighted by atomic mass is 31.2. The van der Waals surface area contributed by atoms with Crippen LogP contribution in [0.15, 0.2) is 48.6 Å². The van der Waals surface area contributed by atoms with Gasteiger partial charge < -0.3 is 29.5 Å². The van der Waals surface area contributed by atoms with Gasteiger partial charge in [-0.05, 0) is 32.1 Å². The number of phosphoric ester groups is 1. The highest BCUT2D eigenvalue weighted by Gasteiger charge is 2.23. The number of esters is 2. The number of ether oxygens (including phenoxy) is 2. The van der Waals surface area contributed by atoms with E-state index >= 15 is 0 Å². The maximum atomic E-state index is 12.3. The van der Waals surface area contributed by atoms with Crippen molar-refractivity contribution >= 4 is 19.8 Å². The fraction of sp³-hybridized carbons (Fsp3) is 0.730. The van der Waals surface area contributed by atoms with Crippen LogP contribution in [0.5, 0.6) is 0 Å². The predicted octanol–water partition coefficient (Wildman–Crippen LogP) is 8.34. The summed E-state index contributed by atoms with van der Waals surface area (Å²) >= 11 is 0. The van der Waals surface area contributed by atoms with Crippen LogP contribution in [0.4, 0.5) is 0 Å². The van der Waals surface area contributed by atoms with Crippen molar-refractivity contribution in [1.82, 2.24) is 0 Å². The number of aliphatic hydroxyl groups excluding tert-OH is 2. The summed E-state index contributed by atoms with van der Waals surface area (Å²) in [7, 11) is -4.81. The van der Waals surface area contributed by atoms with Crippen molar-refractivity contribution in [2.75, 3.05) is 13.2 Å². The lowest BCUT2D eigenvalue weighted by Crippen LogP contribution is -2.29. The molecule has 0 saturated carbocycles. The lowest BCUT2D eigenvalue weighted by atomic mass is 10.1. The molecule has 0 saturated heterocycles. The molecule has 0 aliphatic rings. The molecule has 0 aromatic rings. The lowest BCUT2D eigenvalue weighted by Gasteiger charge is -2.18. The van der Waals surface area contributed by atoms with E-state index in [0.717, 1.165) is 44.9 Å². The molecular weight excluding hydrogens is 635 g/mol. The van der Waals surface area contributed by atoms with Crippen molar-refractivity contribution in [3.8, 4) is 0 Å². The standard InChI is InChI=1S/C37H65O10P/c1-3-5-7-8-9-10-11-12-16-19-23-29-36(40)45-31-35(32-46-48(42,43)44)47-37(41)30-24-28-34(39)27-22-18-15-13-14-17-21-26-33(38)25-20-6-4-2/h14-15,17-18,21-22,26-27,33-35,38-39H,3-13,16,19-20,23-25,28-32H2,1-2H3,(H2,42,43,44)/b17-14-,18-15-,26-21+,27-22+/t33-,34-,35-/m1/s1. The van der Waals surface area contributed by atoms with E-state index < -0.39 is 44.7 Å². The Labute approximate surface area is 290 Å². The van der Waals surface area contributed by atoms with Crippen molar-refractivity contribution in [3.63, 3.8) is 0 Å². The zero-order valence-corrected chi connectivity index (χ0v) is 30.5. The fourth-order valence-electron chi connectivity index (χ4n) is 4.76. The Kier molecular flexibility index (Phi) is 30.8. The normalized spacial score (nSPS) is 14.4. The largest absolute Gasteiger partial charge is 0.469 e. The number of unbranched alkanes of at least 4 members (excludes halogenated alkanes) is 12. The van der Waals surface area contributed by atoms with Crippen LogP contribution < -0.4 is 0 Å².